The van der Waals surface area contributed by atoms with Crippen molar-refractivity contribution in [3.8, 4) is 0 Å². The molecule has 6 heteroatoms. The molecule has 1 aromatic rings. The fraction of sp³-hybridized carbons (Fsp3) is 0.667. The first-order valence-corrected chi connectivity index (χ1v) is 11.6. The van der Waals surface area contributed by atoms with E-state index in [1.807, 2.05) is 30.5 Å². The first kappa shape index (κ1) is 18.9. The van der Waals surface area contributed by atoms with Crippen molar-refractivity contribution < 1.29 is 4.79 Å². The number of urea groups is 1. The maximum Gasteiger partial charge on any atom is 0.336 e. The Hall–Kier alpha value is -1.40. The number of hydrazine groups is 1. The summed E-state index contributed by atoms with van der Waals surface area (Å²) < 4.78 is 0. The van der Waals surface area contributed by atoms with Crippen molar-refractivity contribution in [2.75, 3.05) is 44.5 Å². The van der Waals surface area contributed by atoms with Gasteiger partial charge in [0, 0.05) is 42.4 Å². The Morgan fingerprint density at radius 3 is 2.78 bits per heavy atom. The normalized spacial score (nSPS) is 26.5. The van der Waals surface area contributed by atoms with Crippen LogP contribution in [-0.4, -0.2) is 61.4 Å². The van der Waals surface area contributed by atoms with Gasteiger partial charge in [0.05, 0.1) is 5.69 Å². The molecule has 0 spiro atoms. The van der Waals surface area contributed by atoms with Crippen LogP contribution in [0.3, 0.4) is 0 Å². The molecular weight excluding hydrogens is 356 g/mol. The molecule has 4 rings (SSSR count). The standard InChI is InChI=1S/C21H32N4OS/c1-5-24(6-2)21(26)22-25-13-14-12-17-15(8-7-11-23(17)3)20-18(27-4)10-9-16(25)19(14)20/h9-10,14-15,17H,5-8,11-13H2,1-4H3,(H,22,26)/t14?,15-,17+/m0/s1. The van der Waals surface area contributed by atoms with E-state index < -0.39 is 0 Å². The number of thioether (sulfide) groups is 1. The Labute approximate surface area is 167 Å². The number of carbonyl (C=O) groups excluding carboxylic acids is 1. The lowest BCUT2D eigenvalue weighted by Gasteiger charge is -2.45. The van der Waals surface area contributed by atoms with E-state index in [0.29, 0.717) is 17.9 Å². The van der Waals surface area contributed by atoms with E-state index in [2.05, 4.69) is 40.8 Å². The highest BCUT2D eigenvalue weighted by Crippen LogP contribution is 2.53. The van der Waals surface area contributed by atoms with E-state index in [1.165, 1.54) is 42.0 Å². The average Bonchev–Trinajstić information content (AvgIpc) is 3.02. The summed E-state index contributed by atoms with van der Waals surface area (Å²) >= 11 is 1.87. The molecular formula is C21H32N4OS. The molecule has 1 saturated heterocycles. The maximum absolute atomic E-state index is 12.7. The fourth-order valence-electron chi connectivity index (χ4n) is 5.43. The van der Waals surface area contributed by atoms with Gasteiger partial charge in [0.15, 0.2) is 0 Å². The van der Waals surface area contributed by atoms with Crippen LogP contribution in [0.1, 0.15) is 56.1 Å². The molecule has 2 aliphatic heterocycles. The molecule has 1 N–H and O–H groups in total. The summed E-state index contributed by atoms with van der Waals surface area (Å²) in [5.41, 5.74) is 7.50. The van der Waals surface area contributed by atoms with Crippen molar-refractivity contribution in [2.45, 2.75) is 55.9 Å². The van der Waals surface area contributed by atoms with Gasteiger partial charge in [0.1, 0.15) is 0 Å². The number of anilines is 1. The molecule has 1 unspecified atom stereocenters. The highest BCUT2D eigenvalue weighted by atomic mass is 32.2. The summed E-state index contributed by atoms with van der Waals surface area (Å²) in [6.45, 7) is 7.63. The highest BCUT2D eigenvalue weighted by Gasteiger charge is 2.45. The van der Waals surface area contributed by atoms with Crippen molar-refractivity contribution in [2.24, 2.45) is 0 Å². The van der Waals surface area contributed by atoms with Gasteiger partial charge in [-0.25, -0.2) is 10.2 Å². The molecule has 5 nitrogen and oxygen atoms in total. The summed E-state index contributed by atoms with van der Waals surface area (Å²) in [6.07, 6.45) is 5.97. The highest BCUT2D eigenvalue weighted by molar-refractivity contribution is 7.98. The molecule has 3 aliphatic rings. The third-order valence-corrected chi connectivity index (χ3v) is 7.58. The lowest BCUT2D eigenvalue weighted by atomic mass is 9.70. The SMILES string of the molecule is CCN(CC)C(=O)NN1CC2C[C@@H]3[C@H](CCCN3C)c3c(SC)ccc1c32. The van der Waals surface area contributed by atoms with Crippen molar-refractivity contribution in [3.63, 3.8) is 0 Å². The van der Waals surface area contributed by atoms with E-state index >= 15 is 0 Å². The number of likely N-dealkylation sites (tertiary alicyclic amines) is 1. The largest absolute Gasteiger partial charge is 0.336 e. The van der Waals surface area contributed by atoms with Crippen LogP contribution in [0.2, 0.25) is 0 Å². The minimum atomic E-state index is 0.0101. The average molecular weight is 389 g/mol. The number of hydrogen-bond donors (Lipinski definition) is 1. The van der Waals surface area contributed by atoms with Crippen molar-refractivity contribution in [3.05, 3.63) is 23.3 Å². The molecule has 2 heterocycles. The van der Waals surface area contributed by atoms with E-state index in [9.17, 15) is 4.79 Å². The third-order valence-electron chi connectivity index (χ3n) is 6.78. The molecule has 2 amide bonds. The van der Waals surface area contributed by atoms with Gasteiger partial charge in [-0.2, -0.15) is 0 Å². The van der Waals surface area contributed by atoms with E-state index in [1.54, 1.807) is 5.56 Å². The van der Waals surface area contributed by atoms with Gasteiger partial charge < -0.3 is 9.80 Å². The predicted molar refractivity (Wildman–Crippen MR) is 113 cm³/mol. The summed E-state index contributed by atoms with van der Waals surface area (Å²) in [5, 5.41) is 2.12. The van der Waals surface area contributed by atoms with E-state index in [0.717, 1.165) is 19.6 Å². The summed E-state index contributed by atoms with van der Waals surface area (Å²) in [4.78, 5) is 18.5. The van der Waals surface area contributed by atoms with Crippen LogP contribution in [0.15, 0.2) is 17.0 Å². The van der Waals surface area contributed by atoms with Crippen LogP contribution in [0, 0.1) is 0 Å². The van der Waals surface area contributed by atoms with Crippen molar-refractivity contribution >= 4 is 23.5 Å². The van der Waals surface area contributed by atoms with E-state index in [-0.39, 0.29) is 6.03 Å². The summed E-state index contributed by atoms with van der Waals surface area (Å²) in [7, 11) is 2.29. The first-order chi connectivity index (χ1) is 13.1. The summed E-state index contributed by atoms with van der Waals surface area (Å²) in [5.74, 6) is 1.15. The number of benzene rings is 1. The second kappa shape index (κ2) is 7.55. The lowest BCUT2D eigenvalue weighted by Crippen LogP contribution is -2.49. The van der Waals surface area contributed by atoms with Crippen LogP contribution >= 0.6 is 11.8 Å². The van der Waals surface area contributed by atoms with Crippen LogP contribution < -0.4 is 10.4 Å². The van der Waals surface area contributed by atoms with Crippen LogP contribution in [0.25, 0.3) is 0 Å². The van der Waals surface area contributed by atoms with Crippen LogP contribution in [0.4, 0.5) is 10.5 Å². The van der Waals surface area contributed by atoms with Gasteiger partial charge in [-0.1, -0.05) is 0 Å². The maximum atomic E-state index is 12.7. The number of nitrogens with one attached hydrogen (secondary N) is 1. The lowest BCUT2D eigenvalue weighted by molar-refractivity contribution is 0.134. The number of amides is 2. The summed E-state index contributed by atoms with van der Waals surface area (Å²) in [6, 6.07) is 5.14. The van der Waals surface area contributed by atoms with Crippen molar-refractivity contribution in [1.82, 2.24) is 15.2 Å². The molecule has 1 aliphatic carbocycles. The Bertz CT molecular complexity index is 720. The van der Waals surface area contributed by atoms with Gasteiger partial charge in [-0.3, -0.25) is 5.01 Å². The number of piperidine rings is 1. The molecule has 0 radical (unpaired) electrons. The number of nitrogens with zero attached hydrogens (tertiary/aromatic N) is 3. The molecule has 0 saturated carbocycles. The zero-order valence-corrected chi connectivity index (χ0v) is 17.8. The number of likely N-dealkylation sites (N-methyl/N-ethyl adjacent to an activating group) is 1. The third kappa shape index (κ3) is 3.11. The topological polar surface area (TPSA) is 38.8 Å². The van der Waals surface area contributed by atoms with E-state index in [4.69, 9.17) is 0 Å². The van der Waals surface area contributed by atoms with Gasteiger partial charge in [-0.05, 0) is 76.2 Å². The second-order valence-electron chi connectivity index (χ2n) is 8.04. The Morgan fingerprint density at radius 2 is 2.07 bits per heavy atom. The van der Waals surface area contributed by atoms with Gasteiger partial charge in [-0.15, -0.1) is 11.8 Å². The number of hydrogen-bond acceptors (Lipinski definition) is 4. The number of carbonyl (C=O) groups is 1. The van der Waals surface area contributed by atoms with Gasteiger partial charge >= 0.3 is 6.03 Å². The zero-order chi connectivity index (χ0) is 19.1. The van der Waals surface area contributed by atoms with Crippen LogP contribution in [-0.2, 0) is 0 Å². The minimum Gasteiger partial charge on any atom is -0.324 e. The molecule has 148 valence electrons. The molecule has 27 heavy (non-hydrogen) atoms. The Morgan fingerprint density at radius 1 is 1.30 bits per heavy atom. The minimum absolute atomic E-state index is 0.0101. The second-order valence-corrected chi connectivity index (χ2v) is 8.89. The van der Waals surface area contributed by atoms with Gasteiger partial charge in [0.25, 0.3) is 0 Å². The molecule has 3 atom stereocenters. The Balaban J connectivity index is 1.70. The fourth-order valence-corrected chi connectivity index (χ4v) is 6.12. The molecule has 1 aromatic carbocycles. The smallest absolute Gasteiger partial charge is 0.324 e. The van der Waals surface area contributed by atoms with Crippen molar-refractivity contribution in [1.29, 1.82) is 0 Å². The molecule has 0 bridgehead atoms. The molecule has 0 aromatic heterocycles. The number of fused-ring (bicyclic) bond motifs is 2. The monoisotopic (exact) mass is 388 g/mol. The number of rotatable bonds is 4. The Kier molecular flexibility index (Phi) is 5.30. The van der Waals surface area contributed by atoms with Gasteiger partial charge in [0.2, 0.25) is 0 Å². The zero-order valence-electron chi connectivity index (χ0n) is 17.0. The molecule has 1 fully saturated rings. The first-order valence-electron chi connectivity index (χ1n) is 10.3. The quantitative estimate of drug-likeness (QED) is 0.795. The predicted octanol–water partition coefficient (Wildman–Crippen LogP) is 3.86. The van der Waals surface area contributed by atoms with Crippen LogP contribution in [0.5, 0.6) is 0 Å².